The van der Waals surface area contributed by atoms with Gasteiger partial charge in [-0.15, -0.1) is 0 Å². The molecule has 0 saturated heterocycles. The van der Waals surface area contributed by atoms with Crippen LogP contribution in [0.3, 0.4) is 0 Å². The number of aryl methyl sites for hydroxylation is 3. The average molecular weight is 312 g/mol. The summed E-state index contributed by atoms with van der Waals surface area (Å²) in [6, 6.07) is 10.1. The van der Waals surface area contributed by atoms with E-state index < -0.39 is 0 Å². The van der Waals surface area contributed by atoms with E-state index in [1.54, 1.807) is 0 Å². The third-order valence-electron chi connectivity index (χ3n) is 3.49. The number of nitrogens with one attached hydrogen (secondary N) is 1. The number of carbonyl (C=O) groups excluding carboxylic acids is 1. The van der Waals surface area contributed by atoms with E-state index in [1.807, 2.05) is 38.1 Å². The minimum absolute atomic E-state index is 0.0363. The van der Waals surface area contributed by atoms with Gasteiger partial charge in [0.15, 0.2) is 0 Å². The highest BCUT2D eigenvalue weighted by Gasteiger charge is 2.07. The maximum absolute atomic E-state index is 12.0. The second kappa shape index (κ2) is 7.72. The van der Waals surface area contributed by atoms with Crippen molar-refractivity contribution in [3.63, 3.8) is 0 Å². The predicted molar refractivity (Wildman–Crippen MR) is 92.4 cm³/mol. The van der Waals surface area contributed by atoms with Crippen LogP contribution in [0, 0.1) is 13.8 Å². The Morgan fingerprint density at radius 1 is 1.17 bits per heavy atom. The fourth-order valence-electron chi connectivity index (χ4n) is 2.31. The van der Waals surface area contributed by atoms with Gasteiger partial charge < -0.3 is 10.2 Å². The maximum Gasteiger partial charge on any atom is 0.225 e. The van der Waals surface area contributed by atoms with E-state index in [2.05, 4.69) is 40.4 Å². The number of amides is 1. The zero-order valence-corrected chi connectivity index (χ0v) is 14.3. The van der Waals surface area contributed by atoms with Gasteiger partial charge in [-0.3, -0.25) is 4.79 Å². The van der Waals surface area contributed by atoms with Gasteiger partial charge in [-0.05, 0) is 31.9 Å². The third kappa shape index (κ3) is 5.36. The van der Waals surface area contributed by atoms with Crippen LogP contribution in [0.2, 0.25) is 0 Å². The lowest BCUT2D eigenvalue weighted by Crippen LogP contribution is -2.24. The first-order valence-corrected chi connectivity index (χ1v) is 7.78. The van der Waals surface area contributed by atoms with Crippen LogP contribution in [0.5, 0.6) is 0 Å². The van der Waals surface area contributed by atoms with Crippen LogP contribution in [0.1, 0.15) is 28.9 Å². The molecule has 122 valence electrons. The molecule has 2 aromatic rings. The molecule has 0 bridgehead atoms. The largest absolute Gasteiger partial charge is 0.350 e. The van der Waals surface area contributed by atoms with Gasteiger partial charge in [0.1, 0.15) is 0 Å². The number of anilines is 1. The summed E-state index contributed by atoms with van der Waals surface area (Å²) in [5.74, 6) is 0.697. The molecule has 0 atom stereocenters. The number of benzene rings is 1. The first kappa shape index (κ1) is 16.9. The Morgan fingerprint density at radius 3 is 2.65 bits per heavy atom. The Bertz CT molecular complexity index is 682. The molecule has 0 aliphatic rings. The van der Waals surface area contributed by atoms with Crippen molar-refractivity contribution in [1.29, 1.82) is 0 Å². The fraction of sp³-hybridized carbons (Fsp3) is 0.389. The van der Waals surface area contributed by atoms with Gasteiger partial charge in [-0.2, -0.15) is 0 Å². The van der Waals surface area contributed by atoms with E-state index in [0.717, 1.165) is 17.8 Å². The first-order valence-electron chi connectivity index (χ1n) is 7.78. The molecular weight excluding hydrogens is 288 g/mol. The van der Waals surface area contributed by atoms with Crippen LogP contribution in [0.15, 0.2) is 30.3 Å². The van der Waals surface area contributed by atoms with Crippen molar-refractivity contribution in [3.8, 4) is 0 Å². The number of aromatic nitrogens is 2. The van der Waals surface area contributed by atoms with Crippen molar-refractivity contribution in [2.45, 2.75) is 33.2 Å². The number of nitrogens with zero attached hydrogens (tertiary/aromatic N) is 3. The summed E-state index contributed by atoms with van der Waals surface area (Å²) in [6.07, 6.45) is 1.23. The molecule has 5 heteroatoms. The van der Waals surface area contributed by atoms with Crippen molar-refractivity contribution < 1.29 is 4.79 Å². The molecule has 0 fully saturated rings. The monoisotopic (exact) mass is 312 g/mol. The van der Waals surface area contributed by atoms with Gasteiger partial charge in [0.05, 0.1) is 12.2 Å². The standard InChI is InChI=1S/C18H24N4O/c1-13-6-5-7-15(10-13)8-9-17(23)19-12-16-11-14(2)20-18(21-16)22(3)4/h5-7,10-11H,8-9,12H2,1-4H3,(H,19,23). The average Bonchev–Trinajstić information content (AvgIpc) is 2.50. The van der Waals surface area contributed by atoms with Gasteiger partial charge in [0.2, 0.25) is 11.9 Å². The molecule has 0 aliphatic heterocycles. The van der Waals surface area contributed by atoms with Crippen LogP contribution >= 0.6 is 0 Å². The van der Waals surface area contributed by atoms with Crippen molar-refractivity contribution in [2.75, 3.05) is 19.0 Å². The van der Waals surface area contributed by atoms with E-state index in [9.17, 15) is 4.79 Å². The smallest absolute Gasteiger partial charge is 0.225 e. The van der Waals surface area contributed by atoms with Crippen LogP contribution < -0.4 is 10.2 Å². The first-order chi connectivity index (χ1) is 10.9. The Balaban J connectivity index is 1.87. The molecule has 1 aromatic carbocycles. The molecule has 23 heavy (non-hydrogen) atoms. The van der Waals surface area contributed by atoms with E-state index in [0.29, 0.717) is 18.9 Å². The fourth-order valence-corrected chi connectivity index (χ4v) is 2.31. The molecule has 0 radical (unpaired) electrons. The maximum atomic E-state index is 12.0. The molecule has 0 unspecified atom stereocenters. The lowest BCUT2D eigenvalue weighted by atomic mass is 10.1. The van der Waals surface area contributed by atoms with Gasteiger partial charge in [-0.25, -0.2) is 9.97 Å². The van der Waals surface area contributed by atoms with E-state index in [-0.39, 0.29) is 5.91 Å². The third-order valence-corrected chi connectivity index (χ3v) is 3.49. The van der Waals surface area contributed by atoms with E-state index in [1.165, 1.54) is 11.1 Å². The number of rotatable bonds is 6. The van der Waals surface area contributed by atoms with Crippen LogP contribution in [-0.4, -0.2) is 30.0 Å². The zero-order chi connectivity index (χ0) is 16.8. The summed E-state index contributed by atoms with van der Waals surface area (Å²) in [6.45, 7) is 4.41. The molecular formula is C18H24N4O. The molecule has 1 heterocycles. The molecule has 5 nitrogen and oxygen atoms in total. The molecule has 1 N–H and O–H groups in total. The number of hydrogen-bond acceptors (Lipinski definition) is 4. The Kier molecular flexibility index (Phi) is 5.68. The molecule has 1 amide bonds. The Labute approximate surface area is 137 Å². The minimum Gasteiger partial charge on any atom is -0.350 e. The lowest BCUT2D eigenvalue weighted by molar-refractivity contribution is -0.121. The molecule has 1 aromatic heterocycles. The van der Waals surface area contributed by atoms with Crippen LogP contribution in [0.25, 0.3) is 0 Å². The highest BCUT2D eigenvalue weighted by molar-refractivity contribution is 5.76. The normalized spacial score (nSPS) is 10.4. The van der Waals surface area contributed by atoms with Crippen molar-refractivity contribution in [2.24, 2.45) is 0 Å². The topological polar surface area (TPSA) is 58.1 Å². The summed E-state index contributed by atoms with van der Waals surface area (Å²) >= 11 is 0. The highest BCUT2D eigenvalue weighted by Crippen LogP contribution is 2.08. The minimum atomic E-state index is 0.0363. The van der Waals surface area contributed by atoms with Crippen molar-refractivity contribution in [3.05, 3.63) is 52.8 Å². The summed E-state index contributed by atoms with van der Waals surface area (Å²) in [7, 11) is 3.80. The molecule has 0 spiro atoms. The van der Waals surface area contributed by atoms with Crippen LogP contribution in [0.4, 0.5) is 5.95 Å². The summed E-state index contributed by atoms with van der Waals surface area (Å²) in [5.41, 5.74) is 4.13. The molecule has 0 saturated carbocycles. The van der Waals surface area contributed by atoms with Gasteiger partial charge in [-0.1, -0.05) is 29.8 Å². The quantitative estimate of drug-likeness (QED) is 0.890. The predicted octanol–water partition coefficient (Wildman–Crippen LogP) is 2.41. The summed E-state index contributed by atoms with van der Waals surface area (Å²) in [5, 5.41) is 2.93. The molecule has 0 aliphatic carbocycles. The number of carbonyl (C=O) groups is 1. The second-order valence-electron chi connectivity index (χ2n) is 5.96. The zero-order valence-electron chi connectivity index (χ0n) is 14.3. The summed E-state index contributed by atoms with van der Waals surface area (Å²) in [4.78, 5) is 22.7. The number of hydrogen-bond donors (Lipinski definition) is 1. The van der Waals surface area contributed by atoms with Crippen molar-refractivity contribution >= 4 is 11.9 Å². The highest BCUT2D eigenvalue weighted by atomic mass is 16.1. The van der Waals surface area contributed by atoms with Gasteiger partial charge in [0.25, 0.3) is 0 Å². The van der Waals surface area contributed by atoms with Crippen molar-refractivity contribution in [1.82, 2.24) is 15.3 Å². The second-order valence-corrected chi connectivity index (χ2v) is 5.96. The summed E-state index contributed by atoms with van der Waals surface area (Å²) < 4.78 is 0. The lowest BCUT2D eigenvalue weighted by Gasteiger charge is -2.12. The van der Waals surface area contributed by atoms with Gasteiger partial charge >= 0.3 is 0 Å². The Hall–Kier alpha value is -2.43. The van der Waals surface area contributed by atoms with Gasteiger partial charge in [0, 0.05) is 26.2 Å². The Morgan fingerprint density at radius 2 is 1.96 bits per heavy atom. The SMILES string of the molecule is Cc1cccc(CCC(=O)NCc2cc(C)nc(N(C)C)n2)c1. The van der Waals surface area contributed by atoms with Crippen LogP contribution in [-0.2, 0) is 17.8 Å². The van der Waals surface area contributed by atoms with E-state index >= 15 is 0 Å². The molecule has 2 rings (SSSR count). The van der Waals surface area contributed by atoms with E-state index in [4.69, 9.17) is 0 Å².